The fourth-order valence-electron chi connectivity index (χ4n) is 2.91. The number of rotatable bonds is 3. The molecular weight excluding hydrogens is 288 g/mol. The van der Waals surface area contributed by atoms with E-state index in [2.05, 4.69) is 53.0 Å². The summed E-state index contributed by atoms with van der Waals surface area (Å²) < 4.78 is 1.16. The molecule has 0 radical (unpaired) electrons. The van der Waals surface area contributed by atoms with Gasteiger partial charge >= 0.3 is 0 Å². The number of benzene rings is 1. The van der Waals surface area contributed by atoms with Crippen molar-refractivity contribution in [2.75, 3.05) is 11.9 Å². The molecular formula is C15H23BrN2. The topological polar surface area (TPSA) is 29.3 Å². The van der Waals surface area contributed by atoms with E-state index in [4.69, 9.17) is 5.73 Å². The molecule has 0 spiro atoms. The van der Waals surface area contributed by atoms with Gasteiger partial charge in [-0.2, -0.15) is 0 Å². The van der Waals surface area contributed by atoms with Crippen LogP contribution in [0.3, 0.4) is 0 Å². The Morgan fingerprint density at radius 1 is 1.39 bits per heavy atom. The predicted molar refractivity (Wildman–Crippen MR) is 81.9 cm³/mol. The number of nitrogens with zero attached hydrogens (tertiary/aromatic N) is 1. The van der Waals surface area contributed by atoms with Crippen molar-refractivity contribution in [3.63, 3.8) is 0 Å². The highest BCUT2D eigenvalue weighted by Gasteiger charge is 2.23. The van der Waals surface area contributed by atoms with E-state index in [9.17, 15) is 0 Å². The highest BCUT2D eigenvalue weighted by Crippen LogP contribution is 2.33. The van der Waals surface area contributed by atoms with Crippen LogP contribution in [0.4, 0.5) is 5.69 Å². The van der Waals surface area contributed by atoms with Gasteiger partial charge in [-0.1, -0.05) is 25.8 Å². The third-order valence-corrected chi connectivity index (χ3v) is 4.72. The molecule has 18 heavy (non-hydrogen) atoms. The zero-order valence-corrected chi connectivity index (χ0v) is 12.9. The minimum absolute atomic E-state index is 0.600. The fourth-order valence-corrected chi connectivity index (χ4v) is 3.62. The van der Waals surface area contributed by atoms with Crippen LogP contribution in [0, 0.1) is 5.92 Å². The molecule has 0 saturated heterocycles. The Morgan fingerprint density at radius 2 is 2.17 bits per heavy atom. The normalized spacial score (nSPS) is 24.0. The predicted octanol–water partition coefficient (Wildman–Crippen LogP) is 3.92. The first-order valence-corrected chi connectivity index (χ1v) is 7.62. The van der Waals surface area contributed by atoms with E-state index < -0.39 is 0 Å². The maximum absolute atomic E-state index is 5.67. The van der Waals surface area contributed by atoms with Crippen molar-refractivity contribution >= 4 is 21.6 Å². The molecule has 0 aromatic heterocycles. The Hall–Kier alpha value is -0.540. The molecule has 1 aliphatic carbocycles. The van der Waals surface area contributed by atoms with Crippen molar-refractivity contribution in [3.8, 4) is 0 Å². The van der Waals surface area contributed by atoms with Crippen LogP contribution in [0.1, 0.15) is 38.2 Å². The molecule has 1 saturated carbocycles. The standard InChI is InChI=1S/C15H23BrN2/c1-11-4-3-5-13(8-11)18(2)15-7-6-12(10-17)9-14(15)16/h6-7,9,11,13H,3-5,8,10,17H2,1-2H3. The monoisotopic (exact) mass is 310 g/mol. The molecule has 2 rings (SSSR count). The third-order valence-electron chi connectivity index (χ3n) is 4.08. The Morgan fingerprint density at radius 3 is 2.78 bits per heavy atom. The van der Waals surface area contributed by atoms with Gasteiger partial charge in [0.1, 0.15) is 0 Å². The molecule has 100 valence electrons. The largest absolute Gasteiger partial charge is 0.371 e. The zero-order valence-electron chi connectivity index (χ0n) is 11.3. The molecule has 1 fully saturated rings. The van der Waals surface area contributed by atoms with Crippen LogP contribution in [0.5, 0.6) is 0 Å². The van der Waals surface area contributed by atoms with Crippen LogP contribution in [0.25, 0.3) is 0 Å². The zero-order chi connectivity index (χ0) is 13.1. The second-order valence-electron chi connectivity index (χ2n) is 5.53. The number of hydrogen-bond acceptors (Lipinski definition) is 2. The lowest BCUT2D eigenvalue weighted by Gasteiger charge is -2.36. The van der Waals surface area contributed by atoms with Crippen molar-refractivity contribution in [2.24, 2.45) is 11.7 Å². The second-order valence-corrected chi connectivity index (χ2v) is 6.38. The molecule has 1 aromatic rings. The van der Waals surface area contributed by atoms with Gasteiger partial charge in [0, 0.05) is 24.1 Å². The van der Waals surface area contributed by atoms with Gasteiger partial charge in [-0.3, -0.25) is 0 Å². The fraction of sp³-hybridized carbons (Fsp3) is 0.600. The van der Waals surface area contributed by atoms with Crippen LogP contribution in [-0.4, -0.2) is 13.1 Å². The Labute approximate surface area is 119 Å². The summed E-state index contributed by atoms with van der Waals surface area (Å²) in [5.41, 5.74) is 8.13. The van der Waals surface area contributed by atoms with Gasteiger partial charge in [0.25, 0.3) is 0 Å². The average molecular weight is 311 g/mol. The lowest BCUT2D eigenvalue weighted by Crippen LogP contribution is -2.35. The molecule has 0 amide bonds. The highest BCUT2D eigenvalue weighted by molar-refractivity contribution is 9.10. The Kier molecular flexibility index (Phi) is 4.68. The van der Waals surface area contributed by atoms with E-state index in [0.717, 1.165) is 10.4 Å². The van der Waals surface area contributed by atoms with E-state index in [1.807, 2.05) is 0 Å². The van der Waals surface area contributed by atoms with Crippen LogP contribution in [0.15, 0.2) is 22.7 Å². The molecule has 1 aliphatic rings. The minimum Gasteiger partial charge on any atom is -0.371 e. The van der Waals surface area contributed by atoms with Gasteiger partial charge in [-0.05, 0) is 52.4 Å². The molecule has 2 N–H and O–H groups in total. The number of halogens is 1. The van der Waals surface area contributed by atoms with Crippen molar-refractivity contribution in [1.82, 2.24) is 0 Å². The van der Waals surface area contributed by atoms with Gasteiger partial charge in [0.15, 0.2) is 0 Å². The van der Waals surface area contributed by atoms with Gasteiger partial charge in [0.05, 0.1) is 5.69 Å². The van der Waals surface area contributed by atoms with Crippen LogP contribution < -0.4 is 10.6 Å². The van der Waals surface area contributed by atoms with Crippen molar-refractivity contribution in [2.45, 2.75) is 45.2 Å². The van der Waals surface area contributed by atoms with E-state index in [1.54, 1.807) is 0 Å². The lowest BCUT2D eigenvalue weighted by molar-refractivity contribution is 0.336. The molecule has 2 atom stereocenters. The number of anilines is 1. The highest BCUT2D eigenvalue weighted by atomic mass is 79.9. The van der Waals surface area contributed by atoms with E-state index in [1.165, 1.54) is 36.9 Å². The van der Waals surface area contributed by atoms with Gasteiger partial charge in [0.2, 0.25) is 0 Å². The first-order valence-electron chi connectivity index (χ1n) is 6.83. The van der Waals surface area contributed by atoms with Crippen LogP contribution in [0.2, 0.25) is 0 Å². The third kappa shape index (κ3) is 3.07. The molecule has 0 heterocycles. The molecule has 0 bridgehead atoms. The summed E-state index contributed by atoms with van der Waals surface area (Å²) in [7, 11) is 2.21. The molecule has 3 heteroatoms. The maximum atomic E-state index is 5.67. The second kappa shape index (κ2) is 6.07. The Bertz CT molecular complexity index is 405. The smallest absolute Gasteiger partial charge is 0.0510 e. The van der Waals surface area contributed by atoms with E-state index in [0.29, 0.717) is 12.6 Å². The molecule has 2 unspecified atom stereocenters. The average Bonchev–Trinajstić information content (AvgIpc) is 2.37. The molecule has 0 aliphatic heterocycles. The summed E-state index contributed by atoms with van der Waals surface area (Å²) in [4.78, 5) is 2.43. The van der Waals surface area contributed by atoms with Crippen molar-refractivity contribution < 1.29 is 0 Å². The maximum Gasteiger partial charge on any atom is 0.0510 e. The van der Waals surface area contributed by atoms with Crippen LogP contribution >= 0.6 is 15.9 Å². The first kappa shape index (κ1) is 13.9. The van der Waals surface area contributed by atoms with Crippen molar-refractivity contribution in [3.05, 3.63) is 28.2 Å². The van der Waals surface area contributed by atoms with Gasteiger partial charge < -0.3 is 10.6 Å². The van der Waals surface area contributed by atoms with Gasteiger partial charge in [-0.15, -0.1) is 0 Å². The molecule has 2 nitrogen and oxygen atoms in total. The van der Waals surface area contributed by atoms with E-state index in [-0.39, 0.29) is 0 Å². The summed E-state index contributed by atoms with van der Waals surface area (Å²) in [6.45, 7) is 2.97. The lowest BCUT2D eigenvalue weighted by atomic mass is 9.86. The molecule has 1 aromatic carbocycles. The minimum atomic E-state index is 0.600. The summed E-state index contributed by atoms with van der Waals surface area (Å²) in [5, 5.41) is 0. The van der Waals surface area contributed by atoms with Gasteiger partial charge in [-0.25, -0.2) is 0 Å². The summed E-state index contributed by atoms with van der Waals surface area (Å²) in [6, 6.07) is 7.13. The Balaban J connectivity index is 2.15. The quantitative estimate of drug-likeness (QED) is 0.916. The first-order chi connectivity index (χ1) is 8.61. The summed E-state index contributed by atoms with van der Waals surface area (Å²) in [5.74, 6) is 0.855. The van der Waals surface area contributed by atoms with Crippen LogP contribution in [-0.2, 0) is 6.54 Å². The van der Waals surface area contributed by atoms with Crippen molar-refractivity contribution in [1.29, 1.82) is 0 Å². The van der Waals surface area contributed by atoms with E-state index >= 15 is 0 Å². The number of hydrogen-bond donors (Lipinski definition) is 1. The summed E-state index contributed by atoms with van der Waals surface area (Å²) in [6.07, 6.45) is 5.36. The summed E-state index contributed by atoms with van der Waals surface area (Å²) >= 11 is 3.67. The SMILES string of the molecule is CC1CCCC(N(C)c2ccc(CN)cc2Br)C1. The number of nitrogens with two attached hydrogens (primary N) is 1.